The molecule has 2 aromatic carbocycles. The van der Waals surface area contributed by atoms with Gasteiger partial charge in [0, 0.05) is 17.1 Å². The van der Waals surface area contributed by atoms with Crippen LogP contribution in [0.2, 0.25) is 0 Å². The number of nitrogen functional groups attached to an aromatic ring is 1. The van der Waals surface area contributed by atoms with E-state index < -0.39 is 20.8 Å². The summed E-state index contributed by atoms with van der Waals surface area (Å²) >= 11 is 0. The third-order valence-electron chi connectivity index (χ3n) is 2.33. The minimum atomic E-state index is -4.72. The fourth-order valence-corrected chi connectivity index (χ4v) is 2.38. The van der Waals surface area contributed by atoms with Gasteiger partial charge in [0.15, 0.2) is 0 Å². The van der Waals surface area contributed by atoms with Crippen molar-refractivity contribution in [1.29, 1.82) is 0 Å². The second kappa shape index (κ2) is 5.04. The van der Waals surface area contributed by atoms with Gasteiger partial charge in [0.1, 0.15) is 11.5 Å². The van der Waals surface area contributed by atoms with E-state index in [1.54, 1.807) is 0 Å². The fraction of sp³-hybridized carbons (Fsp3) is 0. The lowest BCUT2D eigenvalue weighted by atomic mass is 10.1. The Balaban J connectivity index is 2.54. The second-order valence-electron chi connectivity index (χ2n) is 3.92. The van der Waals surface area contributed by atoms with Crippen LogP contribution < -0.4 is 14.1 Å². The molecule has 0 aliphatic heterocycles. The van der Waals surface area contributed by atoms with Crippen molar-refractivity contribution < 1.29 is 34.3 Å². The Kier molecular flexibility index (Phi) is 3.67. The number of fused-ring (bicyclic) bond motifs is 1. The van der Waals surface area contributed by atoms with Gasteiger partial charge in [0.05, 0.1) is 0 Å². The molecule has 11 heteroatoms. The minimum absolute atomic E-state index is 0.129. The Hall–Kier alpha value is -2.08. The maximum Gasteiger partial charge on any atom is 0.446 e. The Morgan fingerprint density at radius 1 is 0.857 bits per heavy atom. The smallest absolute Gasteiger partial charge is 0.398 e. The largest absolute Gasteiger partial charge is 0.446 e. The summed E-state index contributed by atoms with van der Waals surface area (Å²) in [5.41, 5.74) is 5.82. The molecule has 0 bridgehead atoms. The molecule has 0 fully saturated rings. The second-order valence-corrected chi connectivity index (χ2v) is 5.96. The Labute approximate surface area is 119 Å². The number of hydrogen-bond acceptors (Lipinski definition) is 7. The Morgan fingerprint density at radius 2 is 1.38 bits per heavy atom. The summed E-state index contributed by atoms with van der Waals surface area (Å²) < 4.78 is 68.3. The van der Waals surface area contributed by atoms with Gasteiger partial charge in [0.2, 0.25) is 0 Å². The van der Waals surface area contributed by atoms with Crippen LogP contribution in [0.1, 0.15) is 0 Å². The van der Waals surface area contributed by atoms with Crippen molar-refractivity contribution in [3.8, 4) is 11.5 Å². The lowest BCUT2D eigenvalue weighted by Gasteiger charge is -2.08. The topological polar surface area (TPSA) is 153 Å². The molecule has 4 N–H and O–H groups in total. The summed E-state index contributed by atoms with van der Waals surface area (Å²) in [7, 11) is -9.42. The van der Waals surface area contributed by atoms with Crippen LogP contribution in [0.4, 0.5) is 5.69 Å². The normalized spacial score (nSPS) is 12.3. The quantitative estimate of drug-likeness (QED) is 0.543. The van der Waals surface area contributed by atoms with E-state index in [4.69, 9.17) is 14.8 Å². The number of benzene rings is 2. The van der Waals surface area contributed by atoms with E-state index in [0.29, 0.717) is 5.39 Å². The van der Waals surface area contributed by atoms with Crippen molar-refractivity contribution in [1.82, 2.24) is 0 Å². The molecular formula is C10H9NO8S2. The summed E-state index contributed by atoms with van der Waals surface area (Å²) in [6.45, 7) is 0. The molecule has 0 atom stereocenters. The van der Waals surface area contributed by atoms with Crippen LogP contribution in [0.3, 0.4) is 0 Å². The number of hydrogen-bond donors (Lipinski definition) is 3. The predicted octanol–water partition coefficient (Wildman–Crippen LogP) is 0.785. The van der Waals surface area contributed by atoms with Crippen molar-refractivity contribution in [2.45, 2.75) is 0 Å². The van der Waals surface area contributed by atoms with Crippen molar-refractivity contribution in [3.05, 3.63) is 30.3 Å². The van der Waals surface area contributed by atoms with Gasteiger partial charge in [-0.2, -0.15) is 16.8 Å². The summed E-state index contributed by atoms with van der Waals surface area (Å²) in [6, 6.07) is 6.20. The van der Waals surface area contributed by atoms with Gasteiger partial charge in [-0.1, -0.05) is 0 Å². The first-order valence-corrected chi connectivity index (χ1v) is 7.94. The lowest BCUT2D eigenvalue weighted by Crippen LogP contribution is -2.07. The molecule has 0 aliphatic rings. The molecule has 0 saturated heterocycles. The molecule has 0 saturated carbocycles. The minimum Gasteiger partial charge on any atom is -0.398 e. The predicted molar refractivity (Wildman–Crippen MR) is 72.7 cm³/mol. The van der Waals surface area contributed by atoms with E-state index in [0.717, 1.165) is 0 Å². The average Bonchev–Trinajstić information content (AvgIpc) is 2.23. The van der Waals surface area contributed by atoms with Gasteiger partial charge in [-0.25, -0.2) is 0 Å². The molecule has 0 heterocycles. The van der Waals surface area contributed by atoms with E-state index in [-0.39, 0.29) is 22.6 Å². The molecule has 0 spiro atoms. The van der Waals surface area contributed by atoms with Gasteiger partial charge >= 0.3 is 20.8 Å². The average molecular weight is 335 g/mol. The highest BCUT2D eigenvalue weighted by atomic mass is 32.3. The van der Waals surface area contributed by atoms with E-state index in [1.165, 1.54) is 30.3 Å². The molecule has 9 nitrogen and oxygen atoms in total. The first kappa shape index (κ1) is 15.3. The number of rotatable bonds is 4. The van der Waals surface area contributed by atoms with Gasteiger partial charge in [-0.3, -0.25) is 9.11 Å². The van der Waals surface area contributed by atoms with Crippen LogP contribution in [0.25, 0.3) is 10.8 Å². The molecular weight excluding hydrogens is 326 g/mol. The first-order valence-electron chi connectivity index (χ1n) is 5.20. The molecule has 21 heavy (non-hydrogen) atoms. The first-order chi connectivity index (χ1) is 9.53. The third-order valence-corrected chi connectivity index (χ3v) is 3.14. The van der Waals surface area contributed by atoms with Gasteiger partial charge in [0.25, 0.3) is 0 Å². The molecule has 114 valence electrons. The van der Waals surface area contributed by atoms with E-state index in [1.807, 2.05) is 0 Å². The zero-order valence-electron chi connectivity index (χ0n) is 10.1. The maximum absolute atomic E-state index is 10.7. The standard InChI is InChI=1S/C10H9NO8S2/c11-10-5-8(19-21(15,16)17)4-6-3-7(1-2-9(6)10)18-20(12,13)14/h1-5H,11H2,(H,12,13,14)(H,15,16,17). The van der Waals surface area contributed by atoms with Crippen LogP contribution >= 0.6 is 0 Å². The molecule has 2 aromatic rings. The van der Waals surface area contributed by atoms with Gasteiger partial charge < -0.3 is 14.1 Å². The molecule has 0 aliphatic carbocycles. The number of anilines is 1. The van der Waals surface area contributed by atoms with Crippen LogP contribution in [0, 0.1) is 0 Å². The lowest BCUT2D eigenvalue weighted by molar-refractivity contribution is 0.385. The summed E-state index contributed by atoms with van der Waals surface area (Å²) in [5, 5.41) is 0.732. The van der Waals surface area contributed by atoms with Crippen LogP contribution in [-0.2, 0) is 20.8 Å². The van der Waals surface area contributed by atoms with Crippen molar-refractivity contribution in [2.75, 3.05) is 5.73 Å². The van der Waals surface area contributed by atoms with Gasteiger partial charge in [-0.05, 0) is 29.7 Å². The SMILES string of the molecule is Nc1cc(OS(=O)(=O)O)cc2cc(OS(=O)(=O)O)ccc12. The van der Waals surface area contributed by atoms with E-state index >= 15 is 0 Å². The maximum atomic E-state index is 10.7. The Bertz CT molecular complexity index is 899. The zero-order chi connectivity index (χ0) is 15.8. The molecule has 0 radical (unpaired) electrons. The number of nitrogens with two attached hydrogens (primary N) is 1. The third kappa shape index (κ3) is 4.19. The molecule has 0 amide bonds. The molecule has 2 rings (SSSR count). The highest BCUT2D eigenvalue weighted by Gasteiger charge is 2.12. The highest BCUT2D eigenvalue weighted by Crippen LogP contribution is 2.31. The zero-order valence-corrected chi connectivity index (χ0v) is 11.8. The van der Waals surface area contributed by atoms with Gasteiger partial charge in [-0.15, -0.1) is 0 Å². The monoisotopic (exact) mass is 335 g/mol. The van der Waals surface area contributed by atoms with Crippen molar-refractivity contribution in [2.24, 2.45) is 0 Å². The summed E-state index contributed by atoms with van der Waals surface area (Å²) in [5.74, 6) is -0.486. The molecule has 0 unspecified atom stereocenters. The van der Waals surface area contributed by atoms with E-state index in [9.17, 15) is 16.8 Å². The highest BCUT2D eigenvalue weighted by molar-refractivity contribution is 7.81. The Morgan fingerprint density at radius 3 is 1.95 bits per heavy atom. The van der Waals surface area contributed by atoms with Crippen molar-refractivity contribution in [3.63, 3.8) is 0 Å². The summed E-state index contributed by atoms with van der Waals surface area (Å²) in [4.78, 5) is 0. The van der Waals surface area contributed by atoms with Crippen LogP contribution in [-0.4, -0.2) is 25.9 Å². The van der Waals surface area contributed by atoms with E-state index in [2.05, 4.69) is 8.37 Å². The van der Waals surface area contributed by atoms with Crippen LogP contribution in [0.15, 0.2) is 30.3 Å². The summed E-state index contributed by atoms with van der Waals surface area (Å²) in [6.07, 6.45) is 0. The molecule has 0 aromatic heterocycles. The fourth-order valence-electron chi connectivity index (χ4n) is 1.69. The van der Waals surface area contributed by atoms with Crippen LogP contribution in [0.5, 0.6) is 11.5 Å². The van der Waals surface area contributed by atoms with Crippen molar-refractivity contribution >= 4 is 37.3 Å².